The monoisotopic (exact) mass is 522 g/mol. The van der Waals surface area contributed by atoms with Crippen molar-refractivity contribution in [3.8, 4) is 10.6 Å². The molecule has 0 aliphatic rings. The van der Waals surface area contributed by atoms with E-state index in [4.69, 9.17) is 0 Å². The molecule has 7 heteroatoms. The fourth-order valence-electron chi connectivity index (χ4n) is 4.38. The molecule has 0 radical (unpaired) electrons. The standard InChI is InChI=1S/C30H26N4OS2/c1-22(20-27(35)32-29-34-33-28(36-29)23-12-11-19-31-21-23)37-30(24-13-5-2-6-14-24,25-15-7-3-8-16-25)26-17-9-4-10-18-26/h2-19,21-22H,20H2,1H3,(H,32,34,35). The van der Waals surface area contributed by atoms with Crippen molar-refractivity contribution in [2.45, 2.75) is 23.3 Å². The van der Waals surface area contributed by atoms with Gasteiger partial charge in [0.05, 0.1) is 4.75 Å². The maximum absolute atomic E-state index is 13.1. The third-order valence-electron chi connectivity index (χ3n) is 5.97. The smallest absolute Gasteiger partial charge is 0.227 e. The Morgan fingerprint density at radius 3 is 1.92 bits per heavy atom. The molecule has 0 aliphatic heterocycles. The highest BCUT2D eigenvalue weighted by molar-refractivity contribution is 8.01. The minimum atomic E-state index is -0.473. The predicted octanol–water partition coefficient (Wildman–Crippen LogP) is 7.04. The van der Waals surface area contributed by atoms with E-state index in [9.17, 15) is 4.79 Å². The van der Waals surface area contributed by atoms with Gasteiger partial charge in [0.25, 0.3) is 0 Å². The topological polar surface area (TPSA) is 67.8 Å². The van der Waals surface area contributed by atoms with E-state index >= 15 is 0 Å². The number of thioether (sulfide) groups is 1. The van der Waals surface area contributed by atoms with E-state index in [-0.39, 0.29) is 11.2 Å². The lowest BCUT2D eigenvalue weighted by atomic mass is 9.84. The molecular formula is C30H26N4OS2. The van der Waals surface area contributed by atoms with E-state index in [0.29, 0.717) is 11.6 Å². The van der Waals surface area contributed by atoms with Crippen molar-refractivity contribution in [3.63, 3.8) is 0 Å². The number of carbonyl (C=O) groups excluding carboxylic acids is 1. The molecule has 5 nitrogen and oxygen atoms in total. The molecule has 1 unspecified atom stereocenters. The third-order valence-corrected chi connectivity index (χ3v) is 8.49. The van der Waals surface area contributed by atoms with Gasteiger partial charge in [-0.1, -0.05) is 109 Å². The Kier molecular flexibility index (Phi) is 7.73. The summed E-state index contributed by atoms with van der Waals surface area (Å²) in [6.45, 7) is 2.11. The highest BCUT2D eigenvalue weighted by Crippen LogP contribution is 2.50. The Hall–Kier alpha value is -3.81. The Labute approximate surface area is 225 Å². The molecule has 1 amide bonds. The molecule has 0 fully saturated rings. The van der Waals surface area contributed by atoms with Gasteiger partial charge in [-0.25, -0.2) is 0 Å². The highest BCUT2D eigenvalue weighted by atomic mass is 32.2. The zero-order valence-electron chi connectivity index (χ0n) is 20.3. The molecule has 5 rings (SSSR count). The number of anilines is 1. The van der Waals surface area contributed by atoms with Crippen LogP contribution in [0.15, 0.2) is 116 Å². The van der Waals surface area contributed by atoms with Gasteiger partial charge in [0.2, 0.25) is 11.0 Å². The number of hydrogen-bond acceptors (Lipinski definition) is 6. The van der Waals surface area contributed by atoms with Gasteiger partial charge in [-0.05, 0) is 28.8 Å². The third kappa shape index (κ3) is 5.63. The van der Waals surface area contributed by atoms with E-state index in [1.807, 2.05) is 30.3 Å². The van der Waals surface area contributed by atoms with Gasteiger partial charge in [0.15, 0.2) is 5.01 Å². The molecule has 1 N–H and O–H groups in total. The summed E-state index contributed by atoms with van der Waals surface area (Å²) in [5.41, 5.74) is 4.41. The first-order valence-corrected chi connectivity index (χ1v) is 13.7. The number of hydrogen-bond donors (Lipinski definition) is 1. The van der Waals surface area contributed by atoms with Crippen LogP contribution in [0, 0.1) is 0 Å². The summed E-state index contributed by atoms with van der Waals surface area (Å²) in [4.78, 5) is 17.2. The molecule has 2 heterocycles. The molecule has 0 saturated heterocycles. The number of benzene rings is 3. The highest BCUT2D eigenvalue weighted by Gasteiger charge is 2.38. The van der Waals surface area contributed by atoms with Crippen molar-refractivity contribution in [2.75, 3.05) is 5.32 Å². The van der Waals surface area contributed by atoms with E-state index in [2.05, 4.69) is 100 Å². The van der Waals surface area contributed by atoms with Gasteiger partial charge in [-0.15, -0.1) is 22.0 Å². The molecular weight excluding hydrogens is 496 g/mol. The van der Waals surface area contributed by atoms with Crippen LogP contribution in [0.4, 0.5) is 5.13 Å². The molecule has 3 aromatic carbocycles. The van der Waals surface area contributed by atoms with Gasteiger partial charge in [-0.2, -0.15) is 0 Å². The summed E-state index contributed by atoms with van der Waals surface area (Å²) < 4.78 is -0.473. The summed E-state index contributed by atoms with van der Waals surface area (Å²) in [5, 5.41) is 12.5. The second kappa shape index (κ2) is 11.5. The van der Waals surface area contributed by atoms with Crippen LogP contribution in [-0.2, 0) is 9.54 Å². The average Bonchev–Trinajstić information content (AvgIpc) is 3.42. The van der Waals surface area contributed by atoms with Crippen LogP contribution >= 0.6 is 23.1 Å². The minimum Gasteiger partial charge on any atom is -0.300 e. The maximum atomic E-state index is 13.1. The summed E-state index contributed by atoms with van der Waals surface area (Å²) in [6, 6.07) is 35.3. The average molecular weight is 523 g/mol. The first-order chi connectivity index (χ1) is 18.1. The second-order valence-corrected chi connectivity index (χ2v) is 11.2. The first-order valence-electron chi connectivity index (χ1n) is 12.0. The van der Waals surface area contributed by atoms with Crippen LogP contribution in [-0.4, -0.2) is 26.3 Å². The zero-order chi connectivity index (χ0) is 25.5. The molecule has 1 atom stereocenters. The number of nitrogens with zero attached hydrogens (tertiary/aromatic N) is 3. The van der Waals surface area contributed by atoms with Gasteiger partial charge in [0.1, 0.15) is 0 Å². The maximum Gasteiger partial charge on any atom is 0.227 e. The van der Waals surface area contributed by atoms with Crippen molar-refractivity contribution < 1.29 is 4.79 Å². The first kappa shape index (κ1) is 24.9. The second-order valence-electron chi connectivity index (χ2n) is 8.61. The normalized spacial score (nSPS) is 12.1. The molecule has 0 spiro atoms. The number of carbonyl (C=O) groups is 1. The van der Waals surface area contributed by atoms with Crippen molar-refractivity contribution in [3.05, 3.63) is 132 Å². The molecule has 37 heavy (non-hydrogen) atoms. The fraction of sp³-hybridized carbons (Fsp3) is 0.133. The van der Waals surface area contributed by atoms with Crippen LogP contribution < -0.4 is 5.32 Å². The van der Waals surface area contributed by atoms with E-state index in [0.717, 1.165) is 10.6 Å². The quantitative estimate of drug-likeness (QED) is 0.210. The summed E-state index contributed by atoms with van der Waals surface area (Å²) in [5.74, 6) is -0.0861. The lowest BCUT2D eigenvalue weighted by Gasteiger charge is -2.37. The Morgan fingerprint density at radius 2 is 1.41 bits per heavy atom. The van der Waals surface area contributed by atoms with Crippen LogP contribution in [0.1, 0.15) is 30.0 Å². The van der Waals surface area contributed by atoms with Crippen LogP contribution in [0.2, 0.25) is 0 Å². The molecule has 0 bridgehead atoms. The molecule has 184 valence electrons. The van der Waals surface area contributed by atoms with Crippen molar-refractivity contribution in [2.24, 2.45) is 0 Å². The van der Waals surface area contributed by atoms with Crippen molar-refractivity contribution in [1.29, 1.82) is 0 Å². The zero-order valence-corrected chi connectivity index (χ0v) is 22.0. The lowest BCUT2D eigenvalue weighted by molar-refractivity contribution is -0.116. The number of aromatic nitrogens is 3. The van der Waals surface area contributed by atoms with E-state index < -0.39 is 4.75 Å². The number of nitrogens with one attached hydrogen (secondary N) is 1. The molecule has 5 aromatic rings. The fourth-order valence-corrected chi connectivity index (χ4v) is 6.78. The molecule has 0 saturated carbocycles. The van der Waals surface area contributed by atoms with E-state index in [1.165, 1.54) is 28.0 Å². The van der Waals surface area contributed by atoms with Gasteiger partial charge >= 0.3 is 0 Å². The van der Waals surface area contributed by atoms with Gasteiger partial charge in [0, 0.05) is 29.6 Å². The molecule has 0 aliphatic carbocycles. The van der Waals surface area contributed by atoms with Crippen molar-refractivity contribution in [1.82, 2.24) is 15.2 Å². The van der Waals surface area contributed by atoms with Crippen LogP contribution in [0.5, 0.6) is 0 Å². The number of pyridine rings is 1. The Bertz CT molecular complexity index is 1330. The SMILES string of the molecule is CC(CC(=O)Nc1nnc(-c2cccnc2)s1)SC(c1ccccc1)(c1ccccc1)c1ccccc1. The van der Waals surface area contributed by atoms with Gasteiger partial charge < -0.3 is 5.32 Å². The summed E-state index contributed by atoms with van der Waals surface area (Å²) in [7, 11) is 0. The van der Waals surface area contributed by atoms with Crippen LogP contribution in [0.3, 0.4) is 0 Å². The van der Waals surface area contributed by atoms with Crippen molar-refractivity contribution >= 4 is 34.1 Å². The minimum absolute atomic E-state index is 0.00586. The van der Waals surface area contributed by atoms with Gasteiger partial charge in [-0.3, -0.25) is 9.78 Å². The summed E-state index contributed by atoms with van der Waals surface area (Å²) >= 11 is 3.13. The Morgan fingerprint density at radius 1 is 0.838 bits per heavy atom. The van der Waals surface area contributed by atoms with E-state index in [1.54, 1.807) is 24.2 Å². The summed E-state index contributed by atoms with van der Waals surface area (Å²) in [6.07, 6.45) is 3.79. The van der Waals surface area contributed by atoms with Crippen LogP contribution in [0.25, 0.3) is 10.6 Å². The number of amides is 1. The number of rotatable bonds is 9. The Balaban J connectivity index is 1.40. The lowest BCUT2D eigenvalue weighted by Crippen LogP contribution is -2.29. The largest absolute Gasteiger partial charge is 0.300 e. The molecule has 2 aromatic heterocycles. The predicted molar refractivity (Wildman–Crippen MR) is 153 cm³/mol.